The highest BCUT2D eigenvalue weighted by atomic mass is 19.1. The van der Waals surface area contributed by atoms with Gasteiger partial charge in [-0.3, -0.25) is 9.69 Å². The van der Waals surface area contributed by atoms with Gasteiger partial charge in [0.2, 0.25) is 0 Å². The second kappa shape index (κ2) is 6.64. The van der Waals surface area contributed by atoms with E-state index < -0.39 is 5.82 Å². The van der Waals surface area contributed by atoms with Crippen molar-refractivity contribution < 1.29 is 9.18 Å². The lowest BCUT2D eigenvalue weighted by Gasteiger charge is -2.34. The molecule has 0 saturated carbocycles. The van der Waals surface area contributed by atoms with Crippen LogP contribution in [0.3, 0.4) is 0 Å². The molecule has 1 aliphatic heterocycles. The van der Waals surface area contributed by atoms with Crippen LogP contribution in [0.5, 0.6) is 0 Å². The van der Waals surface area contributed by atoms with Crippen LogP contribution < -0.4 is 0 Å². The zero-order chi connectivity index (χ0) is 17.2. The second-order valence-corrected chi connectivity index (χ2v) is 6.23. The largest absolute Gasteiger partial charge is 0.336 e. The zero-order valence-electron chi connectivity index (χ0n) is 13.8. The van der Waals surface area contributed by atoms with Crippen LogP contribution in [0.4, 0.5) is 4.39 Å². The van der Waals surface area contributed by atoms with Gasteiger partial charge in [0.1, 0.15) is 11.5 Å². The van der Waals surface area contributed by atoms with E-state index >= 15 is 0 Å². The van der Waals surface area contributed by atoms with E-state index in [0.29, 0.717) is 13.1 Å². The lowest BCUT2D eigenvalue weighted by atomic mass is 10.1. The molecule has 1 aromatic carbocycles. The lowest BCUT2D eigenvalue weighted by Crippen LogP contribution is -2.48. The predicted molar refractivity (Wildman–Crippen MR) is 92.8 cm³/mol. The third-order valence-electron chi connectivity index (χ3n) is 4.64. The average molecular weight is 338 g/mol. The predicted octanol–water partition coefficient (Wildman–Crippen LogP) is 2.43. The molecule has 0 aliphatic carbocycles. The summed E-state index contributed by atoms with van der Waals surface area (Å²) in [5.41, 5.74) is 2.22. The molecule has 1 fully saturated rings. The molecule has 3 heterocycles. The number of carbonyl (C=O) groups is 1. The van der Waals surface area contributed by atoms with Gasteiger partial charge in [-0.1, -0.05) is 18.2 Å². The van der Waals surface area contributed by atoms with Crippen molar-refractivity contribution in [2.45, 2.75) is 6.54 Å². The monoisotopic (exact) mass is 338 g/mol. The first-order chi connectivity index (χ1) is 12.2. The first-order valence-electron chi connectivity index (χ1n) is 8.39. The van der Waals surface area contributed by atoms with Gasteiger partial charge in [0.15, 0.2) is 0 Å². The molecule has 5 nitrogen and oxygen atoms in total. The standard InChI is InChI=1S/C19H19FN4O/c20-17-6-2-1-5-16(17)19(25)23-11-9-22(10-12-23)14-15-13-21-18-7-3-4-8-24(15)18/h1-8,13H,9-12,14H2. The number of hydrogen-bond acceptors (Lipinski definition) is 3. The molecule has 25 heavy (non-hydrogen) atoms. The number of nitrogens with zero attached hydrogens (tertiary/aromatic N) is 4. The molecule has 0 N–H and O–H groups in total. The van der Waals surface area contributed by atoms with Gasteiger partial charge in [-0.05, 0) is 24.3 Å². The maximum absolute atomic E-state index is 13.8. The molecule has 0 radical (unpaired) electrons. The Morgan fingerprint density at radius 1 is 1.04 bits per heavy atom. The molecule has 2 aromatic heterocycles. The van der Waals surface area contributed by atoms with Crippen LogP contribution in [0.2, 0.25) is 0 Å². The van der Waals surface area contributed by atoms with E-state index in [-0.39, 0.29) is 11.5 Å². The normalized spacial score (nSPS) is 15.6. The summed E-state index contributed by atoms with van der Waals surface area (Å²) in [5, 5.41) is 0. The van der Waals surface area contributed by atoms with Crippen molar-refractivity contribution in [3.8, 4) is 0 Å². The fourth-order valence-corrected chi connectivity index (χ4v) is 3.25. The van der Waals surface area contributed by atoms with Gasteiger partial charge >= 0.3 is 0 Å². The number of hydrogen-bond donors (Lipinski definition) is 0. The zero-order valence-corrected chi connectivity index (χ0v) is 13.8. The Balaban J connectivity index is 1.40. The Morgan fingerprint density at radius 3 is 2.60 bits per heavy atom. The maximum Gasteiger partial charge on any atom is 0.256 e. The van der Waals surface area contributed by atoms with E-state index in [9.17, 15) is 9.18 Å². The first kappa shape index (κ1) is 15.8. The van der Waals surface area contributed by atoms with Gasteiger partial charge in [0.05, 0.1) is 17.5 Å². The number of amides is 1. The highest BCUT2D eigenvalue weighted by molar-refractivity contribution is 5.94. The summed E-state index contributed by atoms with van der Waals surface area (Å²) in [4.78, 5) is 20.9. The van der Waals surface area contributed by atoms with Crippen LogP contribution >= 0.6 is 0 Å². The van der Waals surface area contributed by atoms with E-state index in [0.717, 1.165) is 31.0 Å². The Morgan fingerprint density at radius 2 is 1.80 bits per heavy atom. The SMILES string of the molecule is O=C(c1ccccc1F)N1CCN(Cc2cnc3ccccn23)CC1. The number of rotatable bonds is 3. The summed E-state index contributed by atoms with van der Waals surface area (Å²) >= 11 is 0. The minimum absolute atomic E-state index is 0.151. The van der Waals surface area contributed by atoms with E-state index in [4.69, 9.17) is 0 Å². The van der Waals surface area contributed by atoms with Crippen molar-refractivity contribution in [1.29, 1.82) is 0 Å². The summed E-state index contributed by atoms with van der Waals surface area (Å²) in [6.45, 7) is 3.52. The molecule has 0 spiro atoms. The first-order valence-corrected chi connectivity index (χ1v) is 8.39. The minimum Gasteiger partial charge on any atom is -0.336 e. The highest BCUT2D eigenvalue weighted by Crippen LogP contribution is 2.14. The molecule has 128 valence electrons. The Labute approximate surface area is 145 Å². The highest BCUT2D eigenvalue weighted by Gasteiger charge is 2.24. The fourth-order valence-electron chi connectivity index (χ4n) is 3.25. The summed E-state index contributed by atoms with van der Waals surface area (Å²) < 4.78 is 15.9. The molecular weight excluding hydrogens is 319 g/mol. The van der Waals surface area contributed by atoms with Crippen molar-refractivity contribution in [3.05, 3.63) is 71.9 Å². The van der Waals surface area contributed by atoms with Crippen LogP contribution in [0.25, 0.3) is 5.65 Å². The molecule has 6 heteroatoms. The van der Waals surface area contributed by atoms with Crippen molar-refractivity contribution >= 4 is 11.6 Å². The van der Waals surface area contributed by atoms with E-state index in [1.807, 2.05) is 30.6 Å². The van der Waals surface area contributed by atoms with Crippen LogP contribution in [0.15, 0.2) is 54.9 Å². The number of benzene rings is 1. The van der Waals surface area contributed by atoms with Gasteiger partial charge in [0.25, 0.3) is 5.91 Å². The van der Waals surface area contributed by atoms with Crippen LogP contribution in [0.1, 0.15) is 16.1 Å². The quantitative estimate of drug-likeness (QED) is 0.736. The molecule has 3 aromatic rings. The molecule has 0 unspecified atom stereocenters. The van der Waals surface area contributed by atoms with Gasteiger partial charge in [-0.2, -0.15) is 0 Å². The number of piperazine rings is 1. The number of fused-ring (bicyclic) bond motifs is 1. The summed E-state index contributed by atoms with van der Waals surface area (Å²) in [5.74, 6) is -0.687. The van der Waals surface area contributed by atoms with Crippen LogP contribution in [-0.2, 0) is 6.54 Å². The van der Waals surface area contributed by atoms with E-state index in [1.54, 1.807) is 23.1 Å². The number of halogens is 1. The van der Waals surface area contributed by atoms with E-state index in [1.165, 1.54) is 6.07 Å². The summed E-state index contributed by atoms with van der Waals surface area (Å²) in [7, 11) is 0. The molecule has 1 saturated heterocycles. The number of carbonyl (C=O) groups excluding carboxylic acids is 1. The fraction of sp³-hybridized carbons (Fsp3) is 0.263. The Kier molecular flexibility index (Phi) is 4.19. The Bertz CT molecular complexity index is 899. The molecule has 4 rings (SSSR count). The van der Waals surface area contributed by atoms with Crippen molar-refractivity contribution in [2.75, 3.05) is 26.2 Å². The third-order valence-corrected chi connectivity index (χ3v) is 4.64. The summed E-state index contributed by atoms with van der Waals surface area (Å²) in [6.07, 6.45) is 3.90. The number of imidazole rings is 1. The number of pyridine rings is 1. The lowest BCUT2D eigenvalue weighted by molar-refractivity contribution is 0.0622. The smallest absolute Gasteiger partial charge is 0.256 e. The molecular formula is C19H19FN4O. The third kappa shape index (κ3) is 3.13. The topological polar surface area (TPSA) is 40.9 Å². The molecule has 0 atom stereocenters. The summed E-state index contributed by atoms with van der Waals surface area (Å²) in [6, 6.07) is 12.1. The average Bonchev–Trinajstić information content (AvgIpc) is 3.05. The maximum atomic E-state index is 13.8. The van der Waals surface area contributed by atoms with Gasteiger partial charge in [0, 0.05) is 38.9 Å². The number of aromatic nitrogens is 2. The van der Waals surface area contributed by atoms with Crippen LogP contribution in [-0.4, -0.2) is 51.3 Å². The molecule has 1 aliphatic rings. The second-order valence-electron chi connectivity index (χ2n) is 6.23. The molecule has 1 amide bonds. The van der Waals surface area contributed by atoms with Gasteiger partial charge in [-0.15, -0.1) is 0 Å². The van der Waals surface area contributed by atoms with Gasteiger partial charge in [-0.25, -0.2) is 9.37 Å². The molecule has 0 bridgehead atoms. The van der Waals surface area contributed by atoms with Gasteiger partial charge < -0.3 is 9.30 Å². The van der Waals surface area contributed by atoms with Crippen molar-refractivity contribution in [2.24, 2.45) is 0 Å². The van der Waals surface area contributed by atoms with Crippen molar-refractivity contribution in [3.63, 3.8) is 0 Å². The van der Waals surface area contributed by atoms with Crippen LogP contribution in [0, 0.1) is 5.82 Å². The Hall–Kier alpha value is -2.73. The van der Waals surface area contributed by atoms with Crippen molar-refractivity contribution in [1.82, 2.24) is 19.2 Å². The minimum atomic E-state index is -0.458. The van der Waals surface area contributed by atoms with E-state index in [2.05, 4.69) is 14.3 Å².